The van der Waals surface area contributed by atoms with E-state index in [1.165, 1.54) is 0 Å². The minimum Gasteiger partial charge on any atom is -0.491 e. The first-order valence-corrected chi connectivity index (χ1v) is 5.77. The molecule has 1 amide bonds. The molecule has 0 aliphatic carbocycles. The van der Waals surface area contributed by atoms with Gasteiger partial charge >= 0.3 is 0 Å². The van der Waals surface area contributed by atoms with E-state index < -0.39 is 0 Å². The Balaban J connectivity index is 2.80. The summed E-state index contributed by atoms with van der Waals surface area (Å²) in [6.07, 6.45) is 0.0992. The summed E-state index contributed by atoms with van der Waals surface area (Å²) in [5.41, 5.74) is 6.05. The number of likely N-dealkylation sites (N-methyl/N-ethyl adjacent to an activating group) is 1. The summed E-state index contributed by atoms with van der Waals surface area (Å²) in [4.78, 5) is 13.6. The Morgan fingerprint density at radius 2 is 2.18 bits per heavy atom. The van der Waals surface area contributed by atoms with Crippen molar-refractivity contribution in [1.82, 2.24) is 4.90 Å². The number of nitrogens with two attached hydrogens (primary N) is 1. The molecule has 17 heavy (non-hydrogen) atoms. The van der Waals surface area contributed by atoms with Gasteiger partial charge in [0.2, 0.25) is 0 Å². The summed E-state index contributed by atoms with van der Waals surface area (Å²) in [6, 6.07) is 7.21. The van der Waals surface area contributed by atoms with E-state index in [1.807, 2.05) is 26.0 Å². The monoisotopic (exact) mass is 236 g/mol. The number of nitrogens with zero attached hydrogens (tertiary/aromatic N) is 1. The summed E-state index contributed by atoms with van der Waals surface area (Å²) < 4.78 is 5.55. The van der Waals surface area contributed by atoms with Crippen molar-refractivity contribution < 1.29 is 9.53 Å². The van der Waals surface area contributed by atoms with Gasteiger partial charge in [-0.05, 0) is 32.0 Å². The van der Waals surface area contributed by atoms with Crippen LogP contribution in [0.3, 0.4) is 0 Å². The predicted octanol–water partition coefficient (Wildman–Crippen LogP) is 1.50. The molecule has 1 aromatic rings. The Labute approximate surface area is 102 Å². The van der Waals surface area contributed by atoms with Crippen LogP contribution in [0.1, 0.15) is 24.2 Å². The molecule has 1 rings (SSSR count). The van der Waals surface area contributed by atoms with E-state index in [1.54, 1.807) is 24.1 Å². The van der Waals surface area contributed by atoms with Gasteiger partial charge in [-0.15, -0.1) is 0 Å². The van der Waals surface area contributed by atoms with Gasteiger partial charge in [0.15, 0.2) is 0 Å². The number of hydrogen-bond donors (Lipinski definition) is 1. The lowest BCUT2D eigenvalue weighted by atomic mass is 10.2. The molecule has 0 bridgehead atoms. The molecular weight excluding hydrogens is 216 g/mol. The molecule has 0 unspecified atom stereocenters. The second-order valence-corrected chi connectivity index (χ2v) is 4.21. The van der Waals surface area contributed by atoms with Crippen molar-refractivity contribution in [2.45, 2.75) is 20.0 Å². The molecule has 1 aromatic carbocycles. The fourth-order valence-electron chi connectivity index (χ4n) is 1.49. The minimum absolute atomic E-state index is 0.0374. The van der Waals surface area contributed by atoms with Crippen molar-refractivity contribution in [1.29, 1.82) is 0 Å². The molecule has 0 saturated heterocycles. The zero-order valence-corrected chi connectivity index (χ0v) is 10.6. The smallest absolute Gasteiger partial charge is 0.253 e. The van der Waals surface area contributed by atoms with Gasteiger partial charge in [0.05, 0.1) is 6.10 Å². The third-order valence-electron chi connectivity index (χ3n) is 2.26. The average Bonchev–Trinajstić information content (AvgIpc) is 2.28. The molecule has 0 heterocycles. The lowest BCUT2D eigenvalue weighted by Crippen LogP contribution is -2.31. The van der Waals surface area contributed by atoms with Crippen LogP contribution in [-0.2, 0) is 0 Å². The Kier molecular flexibility index (Phi) is 4.97. The van der Waals surface area contributed by atoms with Crippen LogP contribution in [0.4, 0.5) is 0 Å². The first-order valence-electron chi connectivity index (χ1n) is 5.77. The van der Waals surface area contributed by atoms with Crippen molar-refractivity contribution in [3.63, 3.8) is 0 Å². The highest BCUT2D eigenvalue weighted by Crippen LogP contribution is 2.15. The normalized spacial score (nSPS) is 10.4. The molecule has 0 aliphatic heterocycles. The molecule has 94 valence electrons. The number of hydrogen-bond acceptors (Lipinski definition) is 3. The SMILES string of the molecule is CC(C)Oc1cccc(C(=O)N(C)CCN)c1. The molecule has 0 saturated carbocycles. The first kappa shape index (κ1) is 13.5. The Hall–Kier alpha value is -1.55. The van der Waals surface area contributed by atoms with E-state index >= 15 is 0 Å². The van der Waals surface area contributed by atoms with Crippen molar-refractivity contribution in [2.75, 3.05) is 20.1 Å². The number of benzene rings is 1. The fourth-order valence-corrected chi connectivity index (χ4v) is 1.49. The number of ether oxygens (including phenoxy) is 1. The maximum Gasteiger partial charge on any atom is 0.253 e. The molecule has 0 fully saturated rings. The minimum atomic E-state index is -0.0374. The van der Waals surface area contributed by atoms with E-state index in [2.05, 4.69) is 0 Å². The summed E-state index contributed by atoms with van der Waals surface area (Å²) in [6.45, 7) is 4.92. The van der Waals surface area contributed by atoms with Crippen LogP contribution in [0, 0.1) is 0 Å². The molecule has 0 aliphatic rings. The van der Waals surface area contributed by atoms with Gasteiger partial charge < -0.3 is 15.4 Å². The summed E-state index contributed by atoms with van der Waals surface area (Å²) in [5, 5.41) is 0. The third kappa shape index (κ3) is 4.07. The largest absolute Gasteiger partial charge is 0.491 e. The van der Waals surface area contributed by atoms with Gasteiger partial charge in [-0.1, -0.05) is 6.07 Å². The van der Waals surface area contributed by atoms with Gasteiger partial charge in [0.1, 0.15) is 5.75 Å². The van der Waals surface area contributed by atoms with Crippen LogP contribution < -0.4 is 10.5 Å². The predicted molar refractivity (Wildman–Crippen MR) is 68.2 cm³/mol. The van der Waals surface area contributed by atoms with E-state index in [0.29, 0.717) is 24.4 Å². The van der Waals surface area contributed by atoms with Crippen molar-refractivity contribution in [3.05, 3.63) is 29.8 Å². The first-order chi connectivity index (χ1) is 8.04. The topological polar surface area (TPSA) is 55.6 Å². The molecule has 0 spiro atoms. The molecule has 0 radical (unpaired) electrons. The standard InChI is InChI=1S/C13H20N2O2/c1-10(2)17-12-6-4-5-11(9-12)13(16)15(3)8-7-14/h4-6,9-10H,7-8,14H2,1-3H3. The van der Waals surface area contributed by atoms with Gasteiger partial charge in [-0.2, -0.15) is 0 Å². The van der Waals surface area contributed by atoms with Crippen LogP contribution in [0.5, 0.6) is 5.75 Å². The third-order valence-corrected chi connectivity index (χ3v) is 2.26. The Morgan fingerprint density at radius 3 is 2.76 bits per heavy atom. The van der Waals surface area contributed by atoms with Crippen molar-refractivity contribution in [3.8, 4) is 5.75 Å². The maximum atomic E-state index is 12.0. The van der Waals surface area contributed by atoms with E-state index in [4.69, 9.17) is 10.5 Å². The summed E-state index contributed by atoms with van der Waals surface area (Å²) in [5.74, 6) is 0.677. The number of carbonyl (C=O) groups excluding carboxylic acids is 1. The summed E-state index contributed by atoms with van der Waals surface area (Å²) >= 11 is 0. The molecule has 0 aromatic heterocycles. The van der Waals surface area contributed by atoms with Gasteiger partial charge in [-0.25, -0.2) is 0 Å². The number of rotatable bonds is 5. The average molecular weight is 236 g/mol. The second kappa shape index (κ2) is 6.25. The second-order valence-electron chi connectivity index (χ2n) is 4.21. The highest BCUT2D eigenvalue weighted by molar-refractivity contribution is 5.94. The highest BCUT2D eigenvalue weighted by atomic mass is 16.5. The zero-order valence-electron chi connectivity index (χ0n) is 10.6. The summed E-state index contributed by atoms with van der Waals surface area (Å²) in [7, 11) is 1.74. The molecule has 4 heteroatoms. The van der Waals surface area contributed by atoms with Crippen molar-refractivity contribution in [2.24, 2.45) is 5.73 Å². The molecule has 4 nitrogen and oxygen atoms in total. The van der Waals surface area contributed by atoms with Crippen LogP contribution >= 0.6 is 0 Å². The Bertz CT molecular complexity index is 377. The van der Waals surface area contributed by atoms with Crippen LogP contribution in [0.2, 0.25) is 0 Å². The maximum absolute atomic E-state index is 12.0. The van der Waals surface area contributed by atoms with Gasteiger partial charge in [0.25, 0.3) is 5.91 Å². The highest BCUT2D eigenvalue weighted by Gasteiger charge is 2.11. The van der Waals surface area contributed by atoms with Crippen LogP contribution in [-0.4, -0.2) is 37.0 Å². The quantitative estimate of drug-likeness (QED) is 0.843. The van der Waals surface area contributed by atoms with Gasteiger partial charge in [-0.3, -0.25) is 4.79 Å². The van der Waals surface area contributed by atoms with Crippen LogP contribution in [0.25, 0.3) is 0 Å². The zero-order chi connectivity index (χ0) is 12.8. The lowest BCUT2D eigenvalue weighted by Gasteiger charge is -2.17. The van der Waals surface area contributed by atoms with E-state index in [-0.39, 0.29) is 12.0 Å². The van der Waals surface area contributed by atoms with Crippen LogP contribution in [0.15, 0.2) is 24.3 Å². The Morgan fingerprint density at radius 1 is 1.47 bits per heavy atom. The molecule has 2 N–H and O–H groups in total. The lowest BCUT2D eigenvalue weighted by molar-refractivity contribution is 0.0798. The van der Waals surface area contributed by atoms with E-state index in [9.17, 15) is 4.79 Å². The van der Waals surface area contributed by atoms with Gasteiger partial charge in [0, 0.05) is 25.7 Å². The molecule has 0 atom stereocenters. The number of carbonyl (C=O) groups is 1. The van der Waals surface area contributed by atoms with Crippen molar-refractivity contribution >= 4 is 5.91 Å². The fraction of sp³-hybridized carbons (Fsp3) is 0.462. The molecular formula is C13H20N2O2. The number of amides is 1. The van der Waals surface area contributed by atoms with E-state index in [0.717, 1.165) is 0 Å².